The molecule has 0 heterocycles. The van der Waals surface area contributed by atoms with Gasteiger partial charge < -0.3 is 11.5 Å². The van der Waals surface area contributed by atoms with Gasteiger partial charge in [-0.1, -0.05) is 0 Å². The number of hydrazone groups is 1. The molecule has 1 atom stereocenters. The molecule has 0 aromatic rings. The lowest BCUT2D eigenvalue weighted by atomic mass is 10.1. The van der Waals surface area contributed by atoms with Gasteiger partial charge in [0, 0.05) is 5.71 Å². The number of rotatable bonds is 3. The van der Waals surface area contributed by atoms with Gasteiger partial charge >= 0.3 is 6.03 Å². The predicted octanol–water partition coefficient (Wildman–Crippen LogP) is -0.848. The molecule has 3 amide bonds. The van der Waals surface area contributed by atoms with E-state index in [0.717, 1.165) is 0 Å². The summed E-state index contributed by atoms with van der Waals surface area (Å²) in [4.78, 5) is 20.8. The van der Waals surface area contributed by atoms with Gasteiger partial charge in [0.05, 0.1) is 5.92 Å². The Morgan fingerprint density at radius 1 is 1.42 bits per heavy atom. The predicted molar refractivity (Wildman–Crippen MR) is 44.2 cm³/mol. The summed E-state index contributed by atoms with van der Waals surface area (Å²) in [7, 11) is 0. The van der Waals surface area contributed by atoms with Crippen molar-refractivity contribution in [1.82, 2.24) is 5.43 Å². The average Bonchev–Trinajstić information content (AvgIpc) is 1.98. The monoisotopic (exact) mass is 172 g/mol. The average molecular weight is 172 g/mol. The van der Waals surface area contributed by atoms with Crippen LogP contribution in [-0.2, 0) is 4.79 Å². The number of nitrogens with two attached hydrogens (primary N) is 2. The molecular formula is C6H12N4O2. The van der Waals surface area contributed by atoms with E-state index in [-0.39, 0.29) is 0 Å². The lowest BCUT2D eigenvalue weighted by Gasteiger charge is -2.05. The second-order valence-corrected chi connectivity index (χ2v) is 2.35. The quantitative estimate of drug-likeness (QED) is 0.380. The fourth-order valence-electron chi connectivity index (χ4n) is 0.446. The smallest absolute Gasteiger partial charge is 0.332 e. The molecule has 5 N–H and O–H groups in total. The minimum Gasteiger partial charge on any atom is -0.369 e. The molecular weight excluding hydrogens is 160 g/mol. The molecule has 0 spiro atoms. The minimum atomic E-state index is -0.772. The normalized spacial score (nSPS) is 13.7. The first-order valence-corrected chi connectivity index (χ1v) is 3.34. The van der Waals surface area contributed by atoms with Crippen molar-refractivity contribution in [1.29, 1.82) is 0 Å². The zero-order chi connectivity index (χ0) is 9.72. The number of primary amides is 2. The van der Waals surface area contributed by atoms with Crippen LogP contribution < -0.4 is 16.9 Å². The molecule has 6 nitrogen and oxygen atoms in total. The molecule has 0 aliphatic heterocycles. The lowest BCUT2D eigenvalue weighted by Crippen LogP contribution is -2.30. The van der Waals surface area contributed by atoms with Crippen molar-refractivity contribution in [2.45, 2.75) is 13.8 Å². The van der Waals surface area contributed by atoms with Crippen LogP contribution in [0.1, 0.15) is 13.8 Å². The van der Waals surface area contributed by atoms with Crippen LogP contribution in [0.15, 0.2) is 5.10 Å². The molecule has 0 aliphatic rings. The Kier molecular flexibility index (Phi) is 3.75. The number of hydrogen-bond acceptors (Lipinski definition) is 3. The fraction of sp³-hybridized carbons (Fsp3) is 0.500. The molecule has 0 bridgehead atoms. The highest BCUT2D eigenvalue weighted by molar-refractivity contribution is 6.02. The maximum atomic E-state index is 10.6. The van der Waals surface area contributed by atoms with Crippen LogP contribution in [-0.4, -0.2) is 17.6 Å². The van der Waals surface area contributed by atoms with Crippen molar-refractivity contribution in [3.05, 3.63) is 0 Å². The van der Waals surface area contributed by atoms with Gasteiger partial charge in [-0.2, -0.15) is 5.10 Å². The molecule has 6 heteroatoms. The van der Waals surface area contributed by atoms with Crippen LogP contribution in [0.5, 0.6) is 0 Å². The SMILES string of the molecule is C/C(=N\NC(N)=O)C(C)C(N)=O. The van der Waals surface area contributed by atoms with Gasteiger partial charge in [0.25, 0.3) is 0 Å². The van der Waals surface area contributed by atoms with Crippen molar-refractivity contribution in [3.8, 4) is 0 Å². The third-order valence-corrected chi connectivity index (χ3v) is 1.40. The number of carbonyl (C=O) groups excluding carboxylic acids is 2. The van der Waals surface area contributed by atoms with Crippen LogP contribution >= 0.6 is 0 Å². The number of urea groups is 1. The van der Waals surface area contributed by atoms with E-state index < -0.39 is 17.9 Å². The zero-order valence-corrected chi connectivity index (χ0v) is 7.00. The minimum absolute atomic E-state index is 0.418. The Morgan fingerprint density at radius 3 is 2.25 bits per heavy atom. The Balaban J connectivity index is 4.17. The molecule has 0 fully saturated rings. The number of amides is 3. The highest BCUT2D eigenvalue weighted by atomic mass is 16.2. The van der Waals surface area contributed by atoms with Crippen molar-refractivity contribution in [2.24, 2.45) is 22.5 Å². The summed E-state index contributed by atoms with van der Waals surface area (Å²) < 4.78 is 0. The Hall–Kier alpha value is -1.59. The molecule has 68 valence electrons. The van der Waals surface area contributed by atoms with Gasteiger partial charge in [0.15, 0.2) is 0 Å². The number of hydrogen-bond donors (Lipinski definition) is 3. The summed E-state index contributed by atoms with van der Waals surface area (Å²) in [5.74, 6) is -1.00. The second kappa shape index (κ2) is 4.32. The topological polar surface area (TPSA) is 111 Å². The van der Waals surface area contributed by atoms with Crippen molar-refractivity contribution in [3.63, 3.8) is 0 Å². The van der Waals surface area contributed by atoms with E-state index in [1.54, 1.807) is 13.8 Å². The summed E-state index contributed by atoms with van der Waals surface area (Å²) in [6.45, 7) is 3.16. The summed E-state index contributed by atoms with van der Waals surface area (Å²) in [6.07, 6.45) is 0. The zero-order valence-electron chi connectivity index (χ0n) is 7.00. The van der Waals surface area contributed by atoms with E-state index in [1.807, 2.05) is 5.43 Å². The molecule has 0 rings (SSSR count). The molecule has 0 aliphatic carbocycles. The Bertz CT molecular complexity index is 224. The van der Waals surface area contributed by atoms with E-state index in [4.69, 9.17) is 11.5 Å². The van der Waals surface area contributed by atoms with Crippen LogP contribution in [0.25, 0.3) is 0 Å². The van der Waals surface area contributed by atoms with Gasteiger partial charge in [-0.15, -0.1) is 0 Å². The fourth-order valence-corrected chi connectivity index (χ4v) is 0.446. The van der Waals surface area contributed by atoms with Gasteiger partial charge in [0.2, 0.25) is 5.91 Å². The molecule has 0 radical (unpaired) electrons. The molecule has 0 saturated carbocycles. The number of nitrogens with one attached hydrogen (secondary N) is 1. The number of carbonyl (C=O) groups is 2. The van der Waals surface area contributed by atoms with E-state index in [2.05, 4.69) is 5.10 Å². The molecule has 1 unspecified atom stereocenters. The van der Waals surface area contributed by atoms with E-state index >= 15 is 0 Å². The molecule has 12 heavy (non-hydrogen) atoms. The van der Waals surface area contributed by atoms with Gasteiger partial charge in [-0.25, -0.2) is 10.2 Å². The van der Waals surface area contributed by atoms with Crippen LogP contribution in [0, 0.1) is 5.92 Å². The largest absolute Gasteiger partial charge is 0.369 e. The first-order chi connectivity index (χ1) is 5.45. The van der Waals surface area contributed by atoms with Crippen LogP contribution in [0.4, 0.5) is 4.79 Å². The molecule has 0 aromatic carbocycles. The third kappa shape index (κ3) is 3.55. The van der Waals surface area contributed by atoms with Gasteiger partial charge in [-0.3, -0.25) is 4.79 Å². The summed E-state index contributed by atoms with van der Waals surface area (Å²) >= 11 is 0. The van der Waals surface area contributed by atoms with E-state index in [0.29, 0.717) is 5.71 Å². The summed E-state index contributed by atoms with van der Waals surface area (Å²) in [6, 6.07) is -0.772. The maximum absolute atomic E-state index is 10.6. The first-order valence-electron chi connectivity index (χ1n) is 3.34. The van der Waals surface area contributed by atoms with Crippen LogP contribution in [0.3, 0.4) is 0 Å². The molecule has 0 saturated heterocycles. The van der Waals surface area contributed by atoms with E-state index in [1.165, 1.54) is 0 Å². The highest BCUT2D eigenvalue weighted by Gasteiger charge is 2.11. The van der Waals surface area contributed by atoms with Gasteiger partial charge in [-0.05, 0) is 13.8 Å². The Morgan fingerprint density at radius 2 is 1.92 bits per heavy atom. The maximum Gasteiger partial charge on any atom is 0.332 e. The van der Waals surface area contributed by atoms with Crippen molar-refractivity contribution < 1.29 is 9.59 Å². The summed E-state index contributed by atoms with van der Waals surface area (Å²) in [5, 5.41) is 3.54. The Labute approximate surface area is 70.0 Å². The second-order valence-electron chi connectivity index (χ2n) is 2.35. The number of nitrogens with zero attached hydrogens (tertiary/aromatic N) is 1. The molecule has 0 aromatic heterocycles. The lowest BCUT2D eigenvalue weighted by molar-refractivity contribution is -0.119. The van der Waals surface area contributed by atoms with Gasteiger partial charge in [0.1, 0.15) is 0 Å². The highest BCUT2D eigenvalue weighted by Crippen LogP contribution is 1.95. The van der Waals surface area contributed by atoms with Crippen molar-refractivity contribution >= 4 is 17.6 Å². The standard InChI is InChI=1S/C6H12N4O2/c1-3(5(7)11)4(2)9-10-6(8)12/h3H,1-2H3,(H2,7,11)(H3,8,10,12)/b9-4+. The van der Waals surface area contributed by atoms with Crippen molar-refractivity contribution in [2.75, 3.05) is 0 Å². The third-order valence-electron chi connectivity index (χ3n) is 1.40. The first kappa shape index (κ1) is 10.4. The summed E-state index contributed by atoms with van der Waals surface area (Å²) in [5.41, 5.74) is 12.1. The van der Waals surface area contributed by atoms with E-state index in [9.17, 15) is 9.59 Å². The van der Waals surface area contributed by atoms with Crippen LogP contribution in [0.2, 0.25) is 0 Å².